The van der Waals surface area contributed by atoms with Crippen molar-refractivity contribution in [3.05, 3.63) is 27.8 Å². The number of amides is 1. The Kier molecular flexibility index (Phi) is 4.94. The lowest BCUT2D eigenvalue weighted by molar-refractivity contribution is -0.117. The number of benzene rings is 1. The highest BCUT2D eigenvalue weighted by Crippen LogP contribution is 2.20. The molecule has 4 heteroatoms. The topological polar surface area (TPSA) is 55.1 Å². The lowest BCUT2D eigenvalue weighted by Gasteiger charge is -2.26. The molecule has 0 fully saturated rings. The zero-order chi connectivity index (χ0) is 13.1. The lowest BCUT2D eigenvalue weighted by Crippen LogP contribution is -2.38. The van der Waals surface area contributed by atoms with E-state index in [4.69, 9.17) is 5.73 Å². The summed E-state index contributed by atoms with van der Waals surface area (Å²) in [4.78, 5) is 11.8. The fraction of sp³-hybridized carbons (Fsp3) is 0.462. The Hall–Kier alpha value is -0.620. The van der Waals surface area contributed by atoms with E-state index in [0.717, 1.165) is 9.26 Å². The lowest BCUT2D eigenvalue weighted by atomic mass is 9.85. The Morgan fingerprint density at radius 3 is 2.35 bits per heavy atom. The van der Waals surface area contributed by atoms with Gasteiger partial charge >= 0.3 is 0 Å². The van der Waals surface area contributed by atoms with Crippen LogP contribution in [-0.4, -0.2) is 11.9 Å². The second-order valence-electron chi connectivity index (χ2n) is 5.23. The summed E-state index contributed by atoms with van der Waals surface area (Å²) < 4.78 is 1.15. The minimum atomic E-state index is -0.133. The van der Waals surface area contributed by atoms with Gasteiger partial charge in [0.1, 0.15) is 0 Å². The Morgan fingerprint density at radius 1 is 1.35 bits per heavy atom. The van der Waals surface area contributed by atoms with Gasteiger partial charge in [-0.2, -0.15) is 0 Å². The molecule has 17 heavy (non-hydrogen) atoms. The summed E-state index contributed by atoms with van der Waals surface area (Å²) in [7, 11) is 0. The van der Waals surface area contributed by atoms with Crippen LogP contribution in [0.2, 0.25) is 0 Å². The van der Waals surface area contributed by atoms with E-state index in [1.165, 1.54) is 0 Å². The van der Waals surface area contributed by atoms with Crippen LogP contribution < -0.4 is 11.1 Å². The van der Waals surface area contributed by atoms with Crippen LogP contribution in [0, 0.1) is 8.99 Å². The molecule has 0 saturated carbocycles. The molecule has 0 aliphatic carbocycles. The molecule has 0 spiro atoms. The van der Waals surface area contributed by atoms with E-state index in [1.54, 1.807) is 0 Å². The highest BCUT2D eigenvalue weighted by molar-refractivity contribution is 14.1. The summed E-state index contributed by atoms with van der Waals surface area (Å²) in [5.41, 5.74) is 6.73. The van der Waals surface area contributed by atoms with Crippen LogP contribution in [0.3, 0.4) is 0 Å². The summed E-state index contributed by atoms with van der Waals surface area (Å²) in [5.74, 6) is -0.0337. The molecule has 1 rings (SSSR count). The van der Waals surface area contributed by atoms with Gasteiger partial charge in [-0.05, 0) is 52.3 Å². The fourth-order valence-corrected chi connectivity index (χ4v) is 1.61. The van der Waals surface area contributed by atoms with Gasteiger partial charge < -0.3 is 11.1 Å². The molecule has 0 radical (unpaired) electrons. The highest BCUT2D eigenvalue weighted by atomic mass is 127. The number of anilines is 1. The van der Waals surface area contributed by atoms with Crippen molar-refractivity contribution in [2.75, 3.05) is 5.32 Å². The second-order valence-corrected chi connectivity index (χ2v) is 6.48. The van der Waals surface area contributed by atoms with Gasteiger partial charge in [0.2, 0.25) is 5.91 Å². The van der Waals surface area contributed by atoms with Crippen molar-refractivity contribution in [2.45, 2.75) is 33.2 Å². The van der Waals surface area contributed by atoms with Gasteiger partial charge in [-0.25, -0.2) is 0 Å². The number of hydrogen-bond acceptors (Lipinski definition) is 2. The van der Waals surface area contributed by atoms with Crippen molar-refractivity contribution < 1.29 is 4.79 Å². The van der Waals surface area contributed by atoms with Gasteiger partial charge in [0.25, 0.3) is 0 Å². The molecule has 0 heterocycles. The number of carbonyl (C=O) groups excluding carboxylic acids is 1. The Labute approximate surface area is 116 Å². The minimum absolute atomic E-state index is 0.0337. The zero-order valence-electron chi connectivity index (χ0n) is 10.5. The normalized spacial score (nSPS) is 13.2. The summed E-state index contributed by atoms with van der Waals surface area (Å²) >= 11 is 2.23. The predicted octanol–water partition coefficient (Wildman–Crippen LogP) is 2.99. The molecule has 1 atom stereocenters. The van der Waals surface area contributed by atoms with Crippen LogP contribution in [0.15, 0.2) is 24.3 Å². The second kappa shape index (κ2) is 5.82. The van der Waals surface area contributed by atoms with E-state index < -0.39 is 0 Å². The molecule has 1 aromatic carbocycles. The van der Waals surface area contributed by atoms with E-state index >= 15 is 0 Å². The number of nitrogens with two attached hydrogens (primary N) is 1. The monoisotopic (exact) mass is 346 g/mol. The van der Waals surface area contributed by atoms with Crippen LogP contribution in [-0.2, 0) is 4.79 Å². The molecule has 1 aromatic rings. The third kappa shape index (κ3) is 5.04. The van der Waals surface area contributed by atoms with Crippen molar-refractivity contribution in [1.29, 1.82) is 0 Å². The summed E-state index contributed by atoms with van der Waals surface area (Å²) in [6.45, 7) is 6.11. The molecular formula is C13H19IN2O. The van der Waals surface area contributed by atoms with E-state index in [1.807, 2.05) is 45.0 Å². The number of nitrogens with one attached hydrogen (secondary N) is 1. The van der Waals surface area contributed by atoms with Gasteiger partial charge in [-0.3, -0.25) is 4.79 Å². The van der Waals surface area contributed by atoms with Crippen molar-refractivity contribution in [3.8, 4) is 0 Å². The molecule has 0 saturated heterocycles. The van der Waals surface area contributed by atoms with Gasteiger partial charge in [0, 0.05) is 21.7 Å². The van der Waals surface area contributed by atoms with Crippen molar-refractivity contribution >= 4 is 34.2 Å². The standard InChI is InChI=1S/C13H19IN2O/c1-13(2,3)11(15)8-12(17)16-10-6-4-9(14)5-7-10/h4-7,11H,8,15H2,1-3H3,(H,16,17). The number of halogens is 1. The maximum atomic E-state index is 11.8. The van der Waals surface area contributed by atoms with E-state index in [-0.39, 0.29) is 17.4 Å². The van der Waals surface area contributed by atoms with Crippen LogP contribution in [0.5, 0.6) is 0 Å². The first kappa shape index (κ1) is 14.4. The molecule has 94 valence electrons. The molecule has 3 N–H and O–H groups in total. The highest BCUT2D eigenvalue weighted by Gasteiger charge is 2.23. The van der Waals surface area contributed by atoms with Crippen molar-refractivity contribution in [2.24, 2.45) is 11.1 Å². The largest absolute Gasteiger partial charge is 0.327 e. The van der Waals surface area contributed by atoms with Crippen LogP contribution in [0.4, 0.5) is 5.69 Å². The average Bonchev–Trinajstić information content (AvgIpc) is 2.20. The number of carbonyl (C=O) groups is 1. The minimum Gasteiger partial charge on any atom is -0.327 e. The Balaban J connectivity index is 2.53. The van der Waals surface area contributed by atoms with E-state index in [0.29, 0.717) is 6.42 Å². The summed E-state index contributed by atoms with van der Waals surface area (Å²) in [6, 6.07) is 7.57. The van der Waals surface area contributed by atoms with Crippen molar-refractivity contribution in [1.82, 2.24) is 0 Å². The first-order valence-electron chi connectivity index (χ1n) is 5.60. The van der Waals surface area contributed by atoms with Gasteiger partial charge in [-0.1, -0.05) is 20.8 Å². The third-order valence-corrected chi connectivity index (χ3v) is 3.36. The van der Waals surface area contributed by atoms with Gasteiger partial charge in [0.05, 0.1) is 0 Å². The van der Waals surface area contributed by atoms with Crippen LogP contribution >= 0.6 is 22.6 Å². The first-order valence-corrected chi connectivity index (χ1v) is 6.68. The molecule has 0 aromatic heterocycles. The molecule has 1 amide bonds. The van der Waals surface area contributed by atoms with Gasteiger partial charge in [0.15, 0.2) is 0 Å². The number of rotatable bonds is 3. The smallest absolute Gasteiger partial charge is 0.225 e. The number of hydrogen-bond donors (Lipinski definition) is 2. The molecular weight excluding hydrogens is 327 g/mol. The van der Waals surface area contributed by atoms with Gasteiger partial charge in [-0.15, -0.1) is 0 Å². The quantitative estimate of drug-likeness (QED) is 0.827. The molecule has 0 bridgehead atoms. The first-order chi connectivity index (χ1) is 7.79. The third-order valence-electron chi connectivity index (χ3n) is 2.65. The summed E-state index contributed by atoms with van der Waals surface area (Å²) in [6.07, 6.45) is 0.343. The maximum Gasteiger partial charge on any atom is 0.225 e. The SMILES string of the molecule is CC(C)(C)C(N)CC(=O)Nc1ccc(I)cc1. The zero-order valence-corrected chi connectivity index (χ0v) is 12.6. The van der Waals surface area contributed by atoms with Crippen LogP contribution in [0.25, 0.3) is 0 Å². The Bertz CT molecular complexity index is 381. The molecule has 0 aliphatic rings. The maximum absolute atomic E-state index is 11.8. The average molecular weight is 346 g/mol. The predicted molar refractivity (Wildman–Crippen MR) is 79.8 cm³/mol. The van der Waals surface area contributed by atoms with E-state index in [9.17, 15) is 4.79 Å². The Morgan fingerprint density at radius 2 is 1.88 bits per heavy atom. The molecule has 1 unspecified atom stereocenters. The molecule has 3 nitrogen and oxygen atoms in total. The van der Waals surface area contributed by atoms with Crippen molar-refractivity contribution in [3.63, 3.8) is 0 Å². The van der Waals surface area contributed by atoms with E-state index in [2.05, 4.69) is 27.9 Å². The summed E-state index contributed by atoms with van der Waals surface area (Å²) in [5, 5.41) is 2.85. The molecule has 0 aliphatic heterocycles. The van der Waals surface area contributed by atoms with Crippen LogP contribution in [0.1, 0.15) is 27.2 Å². The fourth-order valence-electron chi connectivity index (χ4n) is 1.25.